The van der Waals surface area contributed by atoms with E-state index in [1.54, 1.807) is 17.0 Å². The van der Waals surface area contributed by atoms with Gasteiger partial charge in [0.1, 0.15) is 11.6 Å². The molecule has 0 spiro atoms. The second-order valence-corrected chi connectivity index (χ2v) is 8.18. The van der Waals surface area contributed by atoms with Crippen molar-refractivity contribution in [3.05, 3.63) is 76.1 Å². The van der Waals surface area contributed by atoms with Crippen molar-refractivity contribution in [3.8, 4) is 0 Å². The highest BCUT2D eigenvalue weighted by atomic mass is 19.1. The summed E-state index contributed by atoms with van der Waals surface area (Å²) in [4.78, 5) is 34.9. The summed E-state index contributed by atoms with van der Waals surface area (Å²) >= 11 is 0. The Morgan fingerprint density at radius 3 is 2.41 bits per heavy atom. The molecule has 0 radical (unpaired) electrons. The number of hydrogen-bond donors (Lipinski definition) is 0. The third kappa shape index (κ3) is 4.17. The lowest BCUT2D eigenvalue weighted by molar-refractivity contribution is 0.0544. The molecule has 3 aromatic rings. The predicted molar refractivity (Wildman–Crippen MR) is 123 cm³/mol. The van der Waals surface area contributed by atoms with Crippen molar-refractivity contribution in [2.45, 2.75) is 39.3 Å². The minimum atomic E-state index is -0.490. The normalized spacial score (nSPS) is 15.8. The van der Waals surface area contributed by atoms with Crippen molar-refractivity contribution in [2.24, 2.45) is 0 Å². The number of aromatic nitrogens is 2. The monoisotopic (exact) mass is 436 g/mol. The summed E-state index contributed by atoms with van der Waals surface area (Å²) in [6, 6.07) is 13.6. The maximum Gasteiger partial charge on any atom is 0.261 e. The molecule has 0 bridgehead atoms. The van der Waals surface area contributed by atoms with Crippen molar-refractivity contribution in [1.82, 2.24) is 19.4 Å². The first kappa shape index (κ1) is 22.1. The number of para-hydroxylation sites is 1. The van der Waals surface area contributed by atoms with Gasteiger partial charge in [-0.25, -0.2) is 9.37 Å². The van der Waals surface area contributed by atoms with E-state index in [2.05, 4.69) is 18.7 Å². The Balaban J connectivity index is 1.58. The maximum absolute atomic E-state index is 14.1. The van der Waals surface area contributed by atoms with E-state index in [0.717, 1.165) is 18.7 Å². The highest BCUT2D eigenvalue weighted by Gasteiger charge is 2.30. The average Bonchev–Trinajstić information content (AvgIpc) is 2.82. The van der Waals surface area contributed by atoms with Gasteiger partial charge in [0, 0.05) is 32.7 Å². The molecule has 0 aliphatic carbocycles. The first-order valence-corrected chi connectivity index (χ1v) is 11.3. The van der Waals surface area contributed by atoms with Crippen LogP contribution < -0.4 is 5.56 Å². The van der Waals surface area contributed by atoms with Crippen molar-refractivity contribution in [2.75, 3.05) is 26.2 Å². The molecular formula is C25H29FN4O2. The SMILES string of the molecule is CCCn1c(C(CC)N2CCN(C(=O)c3ccccc3F)CC2)nc2ccccc2c1=O. The molecular weight excluding hydrogens is 407 g/mol. The minimum Gasteiger partial charge on any atom is -0.336 e. The lowest BCUT2D eigenvalue weighted by Crippen LogP contribution is -2.50. The minimum absolute atomic E-state index is 0.000679. The summed E-state index contributed by atoms with van der Waals surface area (Å²) in [6.45, 7) is 7.08. The summed E-state index contributed by atoms with van der Waals surface area (Å²) in [6.07, 6.45) is 1.64. The fourth-order valence-electron chi connectivity index (χ4n) is 4.53. The van der Waals surface area contributed by atoms with Crippen LogP contribution in [0.3, 0.4) is 0 Å². The van der Waals surface area contributed by atoms with Gasteiger partial charge >= 0.3 is 0 Å². The van der Waals surface area contributed by atoms with Crippen LogP contribution in [-0.4, -0.2) is 51.4 Å². The summed E-state index contributed by atoms with van der Waals surface area (Å²) in [5.41, 5.74) is 0.826. The largest absolute Gasteiger partial charge is 0.336 e. The van der Waals surface area contributed by atoms with Gasteiger partial charge in [0.15, 0.2) is 0 Å². The van der Waals surface area contributed by atoms with E-state index in [1.165, 1.54) is 12.1 Å². The molecule has 1 amide bonds. The molecule has 32 heavy (non-hydrogen) atoms. The van der Waals surface area contributed by atoms with E-state index in [-0.39, 0.29) is 23.1 Å². The average molecular weight is 437 g/mol. The fraction of sp³-hybridized carbons (Fsp3) is 0.400. The first-order chi connectivity index (χ1) is 15.5. The smallest absolute Gasteiger partial charge is 0.261 e. The van der Waals surface area contributed by atoms with Crippen molar-refractivity contribution in [3.63, 3.8) is 0 Å². The van der Waals surface area contributed by atoms with Crippen LogP contribution in [-0.2, 0) is 6.54 Å². The van der Waals surface area contributed by atoms with Gasteiger partial charge in [-0.1, -0.05) is 38.1 Å². The summed E-state index contributed by atoms with van der Waals surface area (Å²) < 4.78 is 15.9. The lowest BCUT2D eigenvalue weighted by atomic mass is 10.1. The van der Waals surface area contributed by atoms with Crippen molar-refractivity contribution < 1.29 is 9.18 Å². The molecule has 7 heteroatoms. The van der Waals surface area contributed by atoms with Gasteiger partial charge in [0.2, 0.25) is 0 Å². The first-order valence-electron chi connectivity index (χ1n) is 11.3. The van der Waals surface area contributed by atoms with Crippen LogP contribution in [0.2, 0.25) is 0 Å². The second-order valence-electron chi connectivity index (χ2n) is 8.18. The van der Waals surface area contributed by atoms with Crippen LogP contribution in [0.1, 0.15) is 48.9 Å². The Bertz CT molecular complexity index is 1170. The molecule has 1 aromatic heterocycles. The van der Waals surface area contributed by atoms with E-state index in [9.17, 15) is 14.0 Å². The molecule has 0 N–H and O–H groups in total. The predicted octanol–water partition coefficient (Wildman–Crippen LogP) is 3.85. The molecule has 2 aromatic carbocycles. The highest BCUT2D eigenvalue weighted by molar-refractivity contribution is 5.94. The fourth-order valence-corrected chi connectivity index (χ4v) is 4.53. The molecule has 1 atom stereocenters. The molecule has 1 aliphatic heterocycles. The molecule has 1 aliphatic rings. The summed E-state index contributed by atoms with van der Waals surface area (Å²) in [7, 11) is 0. The molecule has 6 nitrogen and oxygen atoms in total. The summed E-state index contributed by atoms with van der Waals surface area (Å²) in [5.74, 6) is 0.0183. The van der Waals surface area contributed by atoms with Gasteiger partial charge in [-0.3, -0.25) is 19.1 Å². The zero-order valence-corrected chi connectivity index (χ0v) is 18.6. The number of carbonyl (C=O) groups excluding carboxylic acids is 1. The molecule has 2 heterocycles. The zero-order valence-electron chi connectivity index (χ0n) is 18.6. The van der Waals surface area contributed by atoms with E-state index in [0.29, 0.717) is 43.6 Å². The number of hydrogen-bond acceptors (Lipinski definition) is 4. The highest BCUT2D eigenvalue weighted by Crippen LogP contribution is 2.25. The van der Waals surface area contributed by atoms with Crippen LogP contribution in [0, 0.1) is 5.82 Å². The van der Waals surface area contributed by atoms with Gasteiger partial charge in [0.05, 0.1) is 22.5 Å². The third-order valence-electron chi connectivity index (χ3n) is 6.17. The van der Waals surface area contributed by atoms with Gasteiger partial charge in [-0.05, 0) is 37.1 Å². The van der Waals surface area contributed by atoms with Crippen molar-refractivity contribution in [1.29, 1.82) is 0 Å². The third-order valence-corrected chi connectivity index (χ3v) is 6.17. The van der Waals surface area contributed by atoms with Crippen LogP contribution in [0.25, 0.3) is 10.9 Å². The number of benzene rings is 2. The maximum atomic E-state index is 14.1. The van der Waals surface area contributed by atoms with E-state index >= 15 is 0 Å². The van der Waals surface area contributed by atoms with Crippen LogP contribution in [0.4, 0.5) is 4.39 Å². The number of carbonyl (C=O) groups is 1. The number of amides is 1. The molecule has 1 unspecified atom stereocenters. The Morgan fingerprint density at radius 1 is 1.03 bits per heavy atom. The Kier molecular flexibility index (Phi) is 6.65. The van der Waals surface area contributed by atoms with Gasteiger partial charge < -0.3 is 4.90 Å². The van der Waals surface area contributed by atoms with E-state index in [4.69, 9.17) is 4.98 Å². The Hall–Kier alpha value is -3.06. The quantitative estimate of drug-likeness (QED) is 0.589. The Labute approximate surface area is 187 Å². The van der Waals surface area contributed by atoms with Gasteiger partial charge in [0.25, 0.3) is 11.5 Å². The van der Waals surface area contributed by atoms with Crippen LogP contribution in [0.5, 0.6) is 0 Å². The van der Waals surface area contributed by atoms with Crippen molar-refractivity contribution >= 4 is 16.8 Å². The number of rotatable bonds is 6. The molecule has 1 fully saturated rings. The van der Waals surface area contributed by atoms with E-state index < -0.39 is 5.82 Å². The molecule has 4 rings (SSSR count). The lowest BCUT2D eigenvalue weighted by Gasteiger charge is -2.39. The second kappa shape index (κ2) is 9.61. The number of fused-ring (bicyclic) bond motifs is 1. The number of nitrogens with zero attached hydrogens (tertiary/aromatic N) is 4. The van der Waals surface area contributed by atoms with Crippen LogP contribution >= 0.6 is 0 Å². The Morgan fingerprint density at radius 2 is 1.72 bits per heavy atom. The molecule has 168 valence electrons. The molecule has 1 saturated heterocycles. The topological polar surface area (TPSA) is 58.4 Å². The summed E-state index contributed by atoms with van der Waals surface area (Å²) in [5, 5.41) is 0.639. The van der Waals surface area contributed by atoms with Gasteiger partial charge in [-0.2, -0.15) is 0 Å². The van der Waals surface area contributed by atoms with Crippen LogP contribution in [0.15, 0.2) is 53.3 Å². The standard InChI is InChI=1S/C25H29FN4O2/c1-3-13-30-23(27-21-12-8-6-10-19(21)25(30)32)22(4-2)28-14-16-29(17-15-28)24(31)18-9-5-7-11-20(18)26/h5-12,22H,3-4,13-17H2,1-2H3. The number of piperazine rings is 1. The van der Waals surface area contributed by atoms with Gasteiger partial charge in [-0.15, -0.1) is 0 Å². The van der Waals surface area contributed by atoms with E-state index in [1.807, 2.05) is 28.8 Å². The number of halogens is 1. The molecule has 0 saturated carbocycles. The zero-order chi connectivity index (χ0) is 22.7.